The van der Waals surface area contributed by atoms with E-state index in [1.54, 1.807) is 24.3 Å². The second-order valence-electron chi connectivity index (χ2n) is 6.23. The minimum absolute atomic E-state index is 0.0625. The molecule has 0 saturated heterocycles. The third kappa shape index (κ3) is 4.52. The molecule has 150 valence electrons. The first-order valence-corrected chi connectivity index (χ1v) is 9.98. The third-order valence-electron chi connectivity index (χ3n) is 4.05. The topological polar surface area (TPSA) is 116 Å². The summed E-state index contributed by atoms with van der Waals surface area (Å²) in [5.41, 5.74) is 2.13. The molecule has 8 nitrogen and oxygen atoms in total. The van der Waals surface area contributed by atoms with E-state index < -0.39 is 27.9 Å². The zero-order chi connectivity index (χ0) is 21.2. The first-order chi connectivity index (χ1) is 13.7. The van der Waals surface area contributed by atoms with Crippen molar-refractivity contribution in [2.45, 2.75) is 18.7 Å². The lowest BCUT2D eigenvalue weighted by atomic mass is 9.97. The first-order valence-electron chi connectivity index (χ1n) is 8.50. The minimum Gasteiger partial charge on any atom is -0.457 e. The zero-order valence-electron chi connectivity index (χ0n) is 15.6. The smallest absolute Gasteiger partial charge is 0.339 e. The van der Waals surface area contributed by atoms with Crippen LogP contribution in [0.25, 0.3) is 11.1 Å². The fraction of sp³-hybridized carbons (Fsp3) is 0.150. The van der Waals surface area contributed by atoms with E-state index in [1.807, 2.05) is 4.72 Å². The molecule has 0 fully saturated rings. The number of hydrogen-bond acceptors (Lipinski definition) is 7. The van der Waals surface area contributed by atoms with Crippen LogP contribution in [0.15, 0.2) is 53.4 Å². The zero-order valence-corrected chi connectivity index (χ0v) is 16.4. The number of carbonyl (C=O) groups excluding carboxylic acids is 3. The lowest BCUT2D eigenvalue weighted by Gasteiger charge is -2.08. The van der Waals surface area contributed by atoms with Gasteiger partial charge in [0.05, 0.1) is 10.5 Å². The molecule has 0 radical (unpaired) electrons. The largest absolute Gasteiger partial charge is 0.457 e. The van der Waals surface area contributed by atoms with E-state index in [2.05, 4.69) is 0 Å². The number of ether oxygens (including phenoxy) is 2. The number of nitrogens with one attached hydrogen (secondary N) is 1. The van der Waals surface area contributed by atoms with Gasteiger partial charge >= 0.3 is 11.9 Å². The number of amides is 1. The van der Waals surface area contributed by atoms with Crippen LogP contribution >= 0.6 is 0 Å². The summed E-state index contributed by atoms with van der Waals surface area (Å²) < 4.78 is 36.2. The van der Waals surface area contributed by atoms with Crippen LogP contribution in [0.3, 0.4) is 0 Å². The number of hydrogen-bond donors (Lipinski definition) is 1. The molecular formula is C20H17NO7S. The molecular weight excluding hydrogens is 398 g/mol. The Labute approximate surface area is 167 Å². The fourth-order valence-electron chi connectivity index (χ4n) is 2.86. The Balaban J connectivity index is 1.96. The average Bonchev–Trinajstić information content (AvgIpc) is 3.02. The van der Waals surface area contributed by atoms with Crippen molar-refractivity contribution in [3.05, 3.63) is 59.7 Å². The minimum atomic E-state index is -3.97. The molecule has 0 unspecified atom stereocenters. The molecule has 1 aliphatic heterocycles. The van der Waals surface area contributed by atoms with Gasteiger partial charge in [0.2, 0.25) is 5.91 Å². The Morgan fingerprint density at radius 3 is 2.10 bits per heavy atom. The molecule has 0 aromatic heterocycles. The third-order valence-corrected chi connectivity index (χ3v) is 5.50. The van der Waals surface area contributed by atoms with Gasteiger partial charge in [0, 0.05) is 19.4 Å². The quantitative estimate of drug-likeness (QED) is 0.586. The van der Waals surface area contributed by atoms with Crippen LogP contribution in [-0.4, -0.2) is 32.9 Å². The number of cyclic esters (lactones) is 1. The standard InChI is InChI=1S/C20H17NO7S/c1-12(22)21-29(25,26)17-9-5-15(6-10-17)19-18(11-27-20(19)24)14-3-7-16(8-4-14)28-13(2)23/h3-10H,11H2,1-2H3,(H,21,22). The molecule has 1 amide bonds. The van der Waals surface area contributed by atoms with E-state index in [4.69, 9.17) is 9.47 Å². The molecule has 1 N–H and O–H groups in total. The lowest BCUT2D eigenvalue weighted by Crippen LogP contribution is -2.28. The van der Waals surface area contributed by atoms with Gasteiger partial charge in [-0.3, -0.25) is 9.59 Å². The Kier molecular flexibility index (Phi) is 5.51. The van der Waals surface area contributed by atoms with E-state index in [0.29, 0.717) is 28.0 Å². The van der Waals surface area contributed by atoms with Gasteiger partial charge in [-0.1, -0.05) is 24.3 Å². The van der Waals surface area contributed by atoms with Crippen molar-refractivity contribution in [1.82, 2.24) is 4.72 Å². The molecule has 0 aliphatic carbocycles. The lowest BCUT2D eigenvalue weighted by molar-refractivity contribution is -0.134. The molecule has 2 aromatic rings. The van der Waals surface area contributed by atoms with E-state index >= 15 is 0 Å². The van der Waals surface area contributed by atoms with Crippen molar-refractivity contribution in [1.29, 1.82) is 0 Å². The molecule has 0 saturated carbocycles. The highest BCUT2D eigenvalue weighted by Gasteiger charge is 2.27. The summed E-state index contributed by atoms with van der Waals surface area (Å²) in [5.74, 6) is -1.29. The summed E-state index contributed by atoms with van der Waals surface area (Å²) in [6.07, 6.45) is 0. The summed E-state index contributed by atoms with van der Waals surface area (Å²) >= 11 is 0. The van der Waals surface area contributed by atoms with Gasteiger partial charge < -0.3 is 9.47 Å². The van der Waals surface area contributed by atoms with Crippen molar-refractivity contribution in [2.24, 2.45) is 0 Å². The molecule has 9 heteroatoms. The van der Waals surface area contributed by atoms with Crippen LogP contribution in [-0.2, 0) is 29.1 Å². The number of carbonyl (C=O) groups is 3. The summed E-state index contributed by atoms with van der Waals surface area (Å²) in [4.78, 5) is 34.2. The highest BCUT2D eigenvalue weighted by molar-refractivity contribution is 7.90. The highest BCUT2D eigenvalue weighted by atomic mass is 32.2. The summed E-state index contributed by atoms with van der Waals surface area (Å²) in [5, 5.41) is 0. The highest BCUT2D eigenvalue weighted by Crippen LogP contribution is 2.34. The molecule has 3 rings (SSSR count). The summed E-state index contributed by atoms with van der Waals surface area (Å²) in [6.45, 7) is 2.46. The molecule has 0 spiro atoms. The number of esters is 2. The predicted molar refractivity (Wildman–Crippen MR) is 103 cm³/mol. The Hall–Kier alpha value is -3.46. The van der Waals surface area contributed by atoms with Crippen molar-refractivity contribution < 1.29 is 32.3 Å². The SMILES string of the molecule is CC(=O)NS(=O)(=O)c1ccc(C2=C(c3ccc(OC(C)=O)cc3)COC2=O)cc1. The second-order valence-corrected chi connectivity index (χ2v) is 7.92. The number of benzene rings is 2. The average molecular weight is 415 g/mol. The normalized spacial score (nSPS) is 13.8. The maximum Gasteiger partial charge on any atom is 0.339 e. The van der Waals surface area contributed by atoms with Crippen molar-refractivity contribution in [3.63, 3.8) is 0 Å². The van der Waals surface area contributed by atoms with Gasteiger partial charge in [0.15, 0.2) is 0 Å². The van der Waals surface area contributed by atoms with Crippen LogP contribution in [0.4, 0.5) is 0 Å². The van der Waals surface area contributed by atoms with Gasteiger partial charge in [-0.25, -0.2) is 17.9 Å². The van der Waals surface area contributed by atoms with Crippen molar-refractivity contribution in [3.8, 4) is 5.75 Å². The molecule has 2 aromatic carbocycles. The van der Waals surface area contributed by atoms with E-state index in [1.165, 1.54) is 31.2 Å². The van der Waals surface area contributed by atoms with Crippen LogP contribution in [0.2, 0.25) is 0 Å². The molecule has 1 aliphatic rings. The van der Waals surface area contributed by atoms with Crippen LogP contribution in [0, 0.1) is 0 Å². The summed E-state index contributed by atoms with van der Waals surface area (Å²) in [6, 6.07) is 12.2. The Morgan fingerprint density at radius 1 is 0.966 bits per heavy atom. The molecule has 0 atom stereocenters. The Morgan fingerprint density at radius 2 is 1.55 bits per heavy atom. The fourth-order valence-corrected chi connectivity index (χ4v) is 3.85. The monoisotopic (exact) mass is 415 g/mol. The van der Waals surface area contributed by atoms with E-state index in [0.717, 1.165) is 6.92 Å². The number of rotatable bonds is 5. The second kappa shape index (κ2) is 7.88. The van der Waals surface area contributed by atoms with Crippen molar-refractivity contribution in [2.75, 3.05) is 6.61 Å². The number of sulfonamides is 1. The van der Waals surface area contributed by atoms with Gasteiger partial charge in [-0.05, 0) is 35.4 Å². The van der Waals surface area contributed by atoms with Crippen molar-refractivity contribution >= 4 is 39.0 Å². The van der Waals surface area contributed by atoms with Crippen LogP contribution in [0.5, 0.6) is 5.75 Å². The van der Waals surface area contributed by atoms with Gasteiger partial charge in [0.1, 0.15) is 12.4 Å². The van der Waals surface area contributed by atoms with Gasteiger partial charge in [-0.15, -0.1) is 0 Å². The molecule has 29 heavy (non-hydrogen) atoms. The predicted octanol–water partition coefficient (Wildman–Crippen LogP) is 1.90. The summed E-state index contributed by atoms with van der Waals surface area (Å²) in [7, 11) is -3.97. The van der Waals surface area contributed by atoms with Gasteiger partial charge in [-0.2, -0.15) is 0 Å². The van der Waals surface area contributed by atoms with E-state index in [9.17, 15) is 22.8 Å². The Bertz CT molecular complexity index is 1110. The maximum atomic E-state index is 12.3. The van der Waals surface area contributed by atoms with Crippen LogP contribution in [0.1, 0.15) is 25.0 Å². The maximum absolute atomic E-state index is 12.3. The first kappa shape index (κ1) is 20.3. The molecule has 1 heterocycles. The van der Waals surface area contributed by atoms with Crippen LogP contribution < -0.4 is 9.46 Å². The van der Waals surface area contributed by atoms with Gasteiger partial charge in [0.25, 0.3) is 10.0 Å². The molecule has 0 bridgehead atoms. The van der Waals surface area contributed by atoms with E-state index in [-0.39, 0.29) is 11.5 Å².